The molecule has 0 saturated heterocycles. The van der Waals surface area contributed by atoms with E-state index >= 15 is 0 Å². The van der Waals surface area contributed by atoms with Crippen LogP contribution in [0.2, 0.25) is 0 Å². The molecule has 0 radical (unpaired) electrons. The maximum atomic E-state index is 6.43. The zero-order valence-electron chi connectivity index (χ0n) is 26.2. The number of hydrogen-bond acceptors (Lipinski definition) is 3. The van der Waals surface area contributed by atoms with Crippen LogP contribution in [0, 0.1) is 0 Å². The van der Waals surface area contributed by atoms with E-state index in [1.807, 2.05) is 35.6 Å². The van der Waals surface area contributed by atoms with E-state index in [0.29, 0.717) is 0 Å². The Balaban J connectivity index is 1.17. The van der Waals surface area contributed by atoms with E-state index in [-0.39, 0.29) is 0 Å². The van der Waals surface area contributed by atoms with E-state index < -0.39 is 0 Å². The zero-order chi connectivity index (χ0) is 32.1. The molecule has 0 aliphatic rings. The van der Waals surface area contributed by atoms with Crippen molar-refractivity contribution in [1.29, 1.82) is 0 Å². The van der Waals surface area contributed by atoms with E-state index in [1.54, 1.807) is 0 Å². The minimum Gasteiger partial charge on any atom is -0.456 e. The third kappa shape index (κ3) is 3.94. The average Bonchev–Trinajstić information content (AvgIpc) is 3.86. The van der Waals surface area contributed by atoms with Crippen LogP contribution in [0.3, 0.4) is 0 Å². The molecule has 0 unspecified atom stereocenters. The minimum absolute atomic E-state index is 0.826. The number of hydrogen-bond donors (Lipinski definition) is 0. The lowest BCUT2D eigenvalue weighted by Gasteiger charge is -2.18. The second kappa shape index (κ2) is 10.2. The Morgan fingerprint density at radius 1 is 0.367 bits per heavy atom. The van der Waals surface area contributed by atoms with Crippen LogP contribution < -0.4 is 0 Å². The molecule has 11 aromatic rings. The van der Waals surface area contributed by atoms with E-state index in [1.165, 1.54) is 64.0 Å². The molecule has 0 saturated carbocycles. The summed E-state index contributed by atoms with van der Waals surface area (Å²) in [7, 11) is 0. The Hall–Kier alpha value is -6.16. The van der Waals surface area contributed by atoms with Gasteiger partial charge in [0.25, 0.3) is 0 Å². The Bertz CT molecular complexity index is 3050. The van der Waals surface area contributed by atoms with Crippen molar-refractivity contribution in [3.8, 4) is 33.6 Å². The Kier molecular flexibility index (Phi) is 5.57. The van der Waals surface area contributed by atoms with Gasteiger partial charge in [0.1, 0.15) is 22.5 Å². The molecule has 8 aromatic carbocycles. The first-order valence-electron chi connectivity index (χ1n) is 16.6. The van der Waals surface area contributed by atoms with Gasteiger partial charge in [0.2, 0.25) is 0 Å². The lowest BCUT2D eigenvalue weighted by molar-refractivity contribution is 0.628. The smallest absolute Gasteiger partial charge is 0.139 e. The molecule has 49 heavy (non-hydrogen) atoms. The number of thiophene rings is 1. The van der Waals surface area contributed by atoms with Crippen LogP contribution in [-0.4, -0.2) is 0 Å². The predicted octanol–water partition coefficient (Wildman–Crippen LogP) is 14.0. The molecule has 2 nitrogen and oxygen atoms in total. The van der Waals surface area contributed by atoms with Crippen LogP contribution in [-0.2, 0) is 0 Å². The highest BCUT2D eigenvalue weighted by molar-refractivity contribution is 7.25. The molecule has 0 spiro atoms. The summed E-state index contributed by atoms with van der Waals surface area (Å²) in [4.78, 5) is 0. The van der Waals surface area contributed by atoms with Crippen molar-refractivity contribution in [2.24, 2.45) is 0 Å². The maximum Gasteiger partial charge on any atom is 0.139 e. The summed E-state index contributed by atoms with van der Waals surface area (Å²) in [6, 6.07) is 56.6. The van der Waals surface area contributed by atoms with Gasteiger partial charge in [-0.1, -0.05) is 115 Å². The molecule has 0 aliphatic heterocycles. The molecule has 0 amide bonds. The van der Waals surface area contributed by atoms with Crippen molar-refractivity contribution >= 4 is 86.0 Å². The van der Waals surface area contributed by atoms with Crippen molar-refractivity contribution in [1.82, 2.24) is 0 Å². The summed E-state index contributed by atoms with van der Waals surface area (Å²) in [5.74, 6) is 0.859. The fraction of sp³-hybridized carbons (Fsp3) is 0. The molecule has 0 N–H and O–H groups in total. The highest BCUT2D eigenvalue weighted by Gasteiger charge is 2.20. The molecule has 228 valence electrons. The molecule has 3 heteroatoms. The lowest BCUT2D eigenvalue weighted by Crippen LogP contribution is -1.91. The number of rotatable bonds is 3. The predicted molar refractivity (Wildman–Crippen MR) is 208 cm³/mol. The van der Waals surface area contributed by atoms with Gasteiger partial charge in [0.05, 0.1) is 0 Å². The molecule has 0 atom stereocenters. The van der Waals surface area contributed by atoms with Crippen LogP contribution in [0.25, 0.3) is 108 Å². The quantitative estimate of drug-likeness (QED) is 0.179. The third-order valence-corrected chi connectivity index (χ3v) is 11.2. The molecule has 3 heterocycles. The van der Waals surface area contributed by atoms with Gasteiger partial charge >= 0.3 is 0 Å². The monoisotopic (exact) mass is 642 g/mol. The van der Waals surface area contributed by atoms with Gasteiger partial charge in [-0.25, -0.2) is 0 Å². The van der Waals surface area contributed by atoms with Gasteiger partial charge in [-0.05, 0) is 80.2 Å². The SMILES string of the molecule is c1ccc(-c2cc3cc4c(cc3o2)oc2ccc(-c3c5ccccc5c(-c5cccc6sc7ccccc7c56)c5ccccc35)cc24)cc1. The Morgan fingerprint density at radius 3 is 1.80 bits per heavy atom. The van der Waals surface area contributed by atoms with E-state index in [4.69, 9.17) is 8.83 Å². The van der Waals surface area contributed by atoms with Crippen LogP contribution in [0.1, 0.15) is 0 Å². The highest BCUT2D eigenvalue weighted by Crippen LogP contribution is 2.48. The molecule has 0 bridgehead atoms. The van der Waals surface area contributed by atoms with Gasteiger partial charge in [0, 0.05) is 48.0 Å². The zero-order valence-corrected chi connectivity index (χ0v) is 27.1. The second-order valence-corrected chi connectivity index (χ2v) is 13.9. The van der Waals surface area contributed by atoms with Crippen LogP contribution in [0.5, 0.6) is 0 Å². The molecule has 11 rings (SSSR count). The number of furan rings is 2. The van der Waals surface area contributed by atoms with Gasteiger partial charge in [-0.15, -0.1) is 11.3 Å². The fourth-order valence-electron chi connectivity index (χ4n) is 7.92. The highest BCUT2D eigenvalue weighted by atomic mass is 32.1. The van der Waals surface area contributed by atoms with Crippen molar-refractivity contribution in [2.45, 2.75) is 0 Å². The van der Waals surface area contributed by atoms with E-state index in [2.05, 4.69) is 133 Å². The summed E-state index contributed by atoms with van der Waals surface area (Å²) in [5, 5.41) is 10.9. The van der Waals surface area contributed by atoms with Crippen molar-refractivity contribution in [2.75, 3.05) is 0 Å². The molecular formula is C46H26O2S. The first-order chi connectivity index (χ1) is 24.3. The van der Waals surface area contributed by atoms with Gasteiger partial charge in [-0.3, -0.25) is 0 Å². The number of benzene rings is 8. The normalized spacial score (nSPS) is 12.1. The Labute approximate surface area is 285 Å². The average molecular weight is 643 g/mol. The summed E-state index contributed by atoms with van der Waals surface area (Å²) in [5.41, 5.74) is 8.57. The largest absolute Gasteiger partial charge is 0.456 e. The van der Waals surface area contributed by atoms with Crippen molar-refractivity contribution in [3.05, 3.63) is 158 Å². The topological polar surface area (TPSA) is 26.3 Å². The maximum absolute atomic E-state index is 6.43. The Morgan fingerprint density at radius 2 is 1.02 bits per heavy atom. The lowest BCUT2D eigenvalue weighted by atomic mass is 9.85. The summed E-state index contributed by atoms with van der Waals surface area (Å²) in [6.45, 7) is 0. The van der Waals surface area contributed by atoms with Gasteiger partial charge < -0.3 is 8.83 Å². The summed E-state index contributed by atoms with van der Waals surface area (Å²) < 4.78 is 15.3. The van der Waals surface area contributed by atoms with Gasteiger partial charge in [-0.2, -0.15) is 0 Å². The second-order valence-electron chi connectivity index (χ2n) is 12.8. The molecular weight excluding hydrogens is 617 g/mol. The molecule has 0 fully saturated rings. The minimum atomic E-state index is 0.826. The first-order valence-corrected chi connectivity index (χ1v) is 17.4. The summed E-state index contributed by atoms with van der Waals surface area (Å²) in [6.07, 6.45) is 0. The van der Waals surface area contributed by atoms with Crippen LogP contribution >= 0.6 is 11.3 Å². The van der Waals surface area contributed by atoms with Crippen LogP contribution in [0.4, 0.5) is 0 Å². The first kappa shape index (κ1) is 26.9. The molecule has 0 aliphatic carbocycles. The van der Waals surface area contributed by atoms with E-state index in [9.17, 15) is 0 Å². The third-order valence-electron chi connectivity index (χ3n) is 10.1. The standard InChI is InChI=1S/C46H26O2S/c1-2-11-27(12-3-1)39-25-29-24-37-36-23-28(21-22-38(36)47-41(37)26-40(29)48-39)44-30-13-4-6-15-32(30)45(33-16-7-5-14-31(33)44)35-18-10-20-43-46(35)34-17-8-9-19-42(34)49-43/h1-26H. The molecule has 3 aromatic heterocycles. The summed E-state index contributed by atoms with van der Waals surface area (Å²) >= 11 is 1.87. The fourth-order valence-corrected chi connectivity index (χ4v) is 9.06. The van der Waals surface area contributed by atoms with E-state index in [0.717, 1.165) is 44.2 Å². The van der Waals surface area contributed by atoms with Crippen LogP contribution in [0.15, 0.2) is 167 Å². The van der Waals surface area contributed by atoms with Crippen molar-refractivity contribution < 1.29 is 8.83 Å². The number of fused-ring (bicyclic) bond motifs is 9. The van der Waals surface area contributed by atoms with Gasteiger partial charge in [0.15, 0.2) is 0 Å². The van der Waals surface area contributed by atoms with Crippen molar-refractivity contribution in [3.63, 3.8) is 0 Å².